The minimum atomic E-state index is -2.18. The van der Waals surface area contributed by atoms with Crippen LogP contribution in [0.2, 0.25) is 0 Å². The molecule has 0 atom stereocenters. The van der Waals surface area contributed by atoms with Crippen molar-refractivity contribution < 1.29 is 8.95 Å². The number of methoxy groups -OCH3 is 1. The summed E-state index contributed by atoms with van der Waals surface area (Å²) in [5.41, 5.74) is 0. The van der Waals surface area contributed by atoms with Crippen LogP contribution in [-0.2, 0) is 14.5 Å². The van der Waals surface area contributed by atoms with E-state index in [-0.39, 0.29) is 0 Å². The fourth-order valence-electron chi connectivity index (χ4n) is 1.53. The first-order valence-corrected chi connectivity index (χ1v) is 6.27. The molecule has 1 fully saturated rings. The molecule has 3 nitrogen and oxygen atoms in total. The summed E-state index contributed by atoms with van der Waals surface area (Å²) in [5.74, 6) is 1.84. The average molecular weight is 191 g/mol. The minimum absolute atomic E-state index is 0.599. The van der Waals surface area contributed by atoms with Gasteiger partial charge in [0.2, 0.25) is 0 Å². The molecule has 1 aliphatic heterocycles. The third kappa shape index (κ3) is 3.11. The van der Waals surface area contributed by atoms with Gasteiger partial charge in [0, 0.05) is 35.0 Å². The van der Waals surface area contributed by atoms with E-state index in [0.29, 0.717) is 17.4 Å². The molecule has 0 saturated carbocycles. The van der Waals surface area contributed by atoms with Gasteiger partial charge in [0.05, 0.1) is 0 Å². The van der Waals surface area contributed by atoms with Gasteiger partial charge >= 0.3 is 0 Å². The Balaban J connectivity index is 2.27. The molecule has 0 aromatic carbocycles. The molecule has 0 spiro atoms. The van der Waals surface area contributed by atoms with Gasteiger partial charge in [0.25, 0.3) is 0 Å². The second kappa shape index (κ2) is 4.23. The van der Waals surface area contributed by atoms with Crippen molar-refractivity contribution >= 4 is 9.73 Å². The molecule has 1 saturated heterocycles. The molecule has 72 valence electrons. The van der Waals surface area contributed by atoms with E-state index in [1.807, 2.05) is 0 Å². The summed E-state index contributed by atoms with van der Waals surface area (Å²) < 4.78 is 23.6. The summed E-state index contributed by atoms with van der Waals surface area (Å²) in [6.45, 7) is 0.795. The molecule has 1 heterocycles. The first-order chi connectivity index (χ1) is 5.64. The Morgan fingerprint density at radius 3 is 2.58 bits per heavy atom. The van der Waals surface area contributed by atoms with Crippen molar-refractivity contribution in [3.63, 3.8) is 0 Å². The van der Waals surface area contributed by atoms with Gasteiger partial charge in [-0.3, -0.25) is 4.78 Å². The summed E-state index contributed by atoms with van der Waals surface area (Å²) in [6.07, 6.45) is 2.96. The molecule has 12 heavy (non-hydrogen) atoms. The molecular weight excluding hydrogens is 174 g/mol. The third-order valence-corrected chi connectivity index (χ3v) is 4.23. The molecule has 0 aromatic rings. The standard InChI is InChI=1S/C8H17NO2S/c1-11-5-2-8-3-6-12(9,10)7-4-8/h8-9H,2-7H2,1H3. The van der Waals surface area contributed by atoms with Gasteiger partial charge in [-0.1, -0.05) is 0 Å². The Morgan fingerprint density at radius 2 is 2.08 bits per heavy atom. The normalized spacial score (nSPS) is 36.6. The topological polar surface area (TPSA) is 50.1 Å². The van der Waals surface area contributed by atoms with E-state index in [9.17, 15) is 4.21 Å². The Kier molecular flexibility index (Phi) is 3.53. The van der Waals surface area contributed by atoms with Crippen molar-refractivity contribution in [3.05, 3.63) is 0 Å². The lowest BCUT2D eigenvalue weighted by molar-refractivity contribution is 0.174. The lowest BCUT2D eigenvalue weighted by Gasteiger charge is -2.22. The molecule has 0 unspecified atom stereocenters. The molecule has 1 aliphatic rings. The van der Waals surface area contributed by atoms with Crippen molar-refractivity contribution in [3.8, 4) is 0 Å². The van der Waals surface area contributed by atoms with E-state index < -0.39 is 9.73 Å². The highest BCUT2D eigenvalue weighted by atomic mass is 32.2. The van der Waals surface area contributed by atoms with Crippen LogP contribution in [0.5, 0.6) is 0 Å². The maximum atomic E-state index is 11.3. The molecule has 0 amide bonds. The van der Waals surface area contributed by atoms with Crippen LogP contribution in [0.1, 0.15) is 19.3 Å². The second-order valence-corrected chi connectivity index (χ2v) is 5.89. The summed E-state index contributed by atoms with van der Waals surface area (Å²) in [5, 5.41) is 0. The first-order valence-electron chi connectivity index (χ1n) is 4.37. The van der Waals surface area contributed by atoms with E-state index in [4.69, 9.17) is 9.52 Å². The van der Waals surface area contributed by atoms with Gasteiger partial charge in [-0.2, -0.15) is 0 Å². The van der Waals surface area contributed by atoms with Crippen LogP contribution in [0.4, 0.5) is 0 Å². The number of hydrogen-bond donors (Lipinski definition) is 1. The van der Waals surface area contributed by atoms with Crippen molar-refractivity contribution in [2.75, 3.05) is 25.2 Å². The first kappa shape index (κ1) is 9.99. The molecule has 1 N–H and O–H groups in total. The summed E-state index contributed by atoms with van der Waals surface area (Å²) in [7, 11) is -0.477. The molecule has 0 bridgehead atoms. The van der Waals surface area contributed by atoms with E-state index >= 15 is 0 Å². The summed E-state index contributed by atoms with van der Waals surface area (Å²) in [6, 6.07) is 0. The van der Waals surface area contributed by atoms with Crippen molar-refractivity contribution in [2.45, 2.75) is 19.3 Å². The largest absolute Gasteiger partial charge is 0.385 e. The zero-order valence-electron chi connectivity index (χ0n) is 7.54. The Hall–Kier alpha value is -0.0900. The van der Waals surface area contributed by atoms with E-state index in [0.717, 1.165) is 25.9 Å². The predicted molar refractivity (Wildman–Crippen MR) is 49.8 cm³/mol. The zero-order valence-corrected chi connectivity index (χ0v) is 8.36. The van der Waals surface area contributed by atoms with Gasteiger partial charge in [-0.05, 0) is 25.2 Å². The maximum absolute atomic E-state index is 11.3. The fourth-order valence-corrected chi connectivity index (χ4v) is 3.17. The van der Waals surface area contributed by atoms with Crippen molar-refractivity contribution in [2.24, 2.45) is 5.92 Å². The number of ether oxygens (including phenoxy) is 1. The van der Waals surface area contributed by atoms with E-state index in [1.165, 1.54) is 0 Å². The summed E-state index contributed by atoms with van der Waals surface area (Å²) in [4.78, 5) is 0. The van der Waals surface area contributed by atoms with Gasteiger partial charge in [-0.15, -0.1) is 0 Å². The SMILES string of the molecule is COCCC1CCS(=N)(=O)CC1. The Bertz CT molecular complexity index is 209. The summed E-state index contributed by atoms with van der Waals surface area (Å²) >= 11 is 0. The fraction of sp³-hybridized carbons (Fsp3) is 1.00. The Morgan fingerprint density at radius 1 is 1.50 bits per heavy atom. The van der Waals surface area contributed by atoms with Crippen LogP contribution >= 0.6 is 0 Å². The third-order valence-electron chi connectivity index (χ3n) is 2.44. The van der Waals surface area contributed by atoms with Crippen LogP contribution in [0.25, 0.3) is 0 Å². The molecular formula is C8H17NO2S. The van der Waals surface area contributed by atoms with Crippen LogP contribution in [0, 0.1) is 10.7 Å². The molecule has 0 aromatic heterocycles. The van der Waals surface area contributed by atoms with Crippen LogP contribution < -0.4 is 0 Å². The van der Waals surface area contributed by atoms with Crippen molar-refractivity contribution in [1.29, 1.82) is 4.78 Å². The minimum Gasteiger partial charge on any atom is -0.385 e. The molecule has 0 aliphatic carbocycles. The predicted octanol–water partition coefficient (Wildman–Crippen LogP) is 1.48. The van der Waals surface area contributed by atoms with Gasteiger partial charge < -0.3 is 4.74 Å². The average Bonchev–Trinajstić information content (AvgIpc) is 2.03. The van der Waals surface area contributed by atoms with Crippen LogP contribution in [0.15, 0.2) is 0 Å². The molecule has 4 heteroatoms. The lowest BCUT2D eigenvalue weighted by Crippen LogP contribution is -2.23. The highest BCUT2D eigenvalue weighted by molar-refractivity contribution is 7.92. The molecule has 1 rings (SSSR count). The van der Waals surface area contributed by atoms with Crippen LogP contribution in [-0.4, -0.2) is 29.4 Å². The Labute approximate surface area is 74.5 Å². The monoisotopic (exact) mass is 191 g/mol. The number of rotatable bonds is 3. The molecule has 0 radical (unpaired) electrons. The second-order valence-electron chi connectivity index (χ2n) is 3.44. The maximum Gasteiger partial charge on any atom is 0.0464 e. The highest BCUT2D eigenvalue weighted by Crippen LogP contribution is 2.21. The number of hydrogen-bond acceptors (Lipinski definition) is 3. The van der Waals surface area contributed by atoms with Gasteiger partial charge in [-0.25, -0.2) is 4.21 Å². The number of nitrogens with one attached hydrogen (secondary N) is 1. The lowest BCUT2D eigenvalue weighted by atomic mass is 10.00. The van der Waals surface area contributed by atoms with E-state index in [1.54, 1.807) is 7.11 Å². The smallest absolute Gasteiger partial charge is 0.0464 e. The van der Waals surface area contributed by atoms with Crippen molar-refractivity contribution in [1.82, 2.24) is 0 Å². The van der Waals surface area contributed by atoms with Crippen LogP contribution in [0.3, 0.4) is 0 Å². The quantitative estimate of drug-likeness (QED) is 0.734. The van der Waals surface area contributed by atoms with Gasteiger partial charge in [0.1, 0.15) is 0 Å². The zero-order chi connectivity index (χ0) is 9.03. The van der Waals surface area contributed by atoms with Gasteiger partial charge in [0.15, 0.2) is 0 Å². The van der Waals surface area contributed by atoms with E-state index in [2.05, 4.69) is 0 Å². The highest BCUT2D eigenvalue weighted by Gasteiger charge is 2.20.